The Kier molecular flexibility index (Phi) is 6.76. The number of hydrogen-bond donors (Lipinski definition) is 0. The van der Waals surface area contributed by atoms with Crippen LogP contribution in [0.4, 0.5) is 4.39 Å². The van der Waals surface area contributed by atoms with Crippen molar-refractivity contribution in [2.75, 3.05) is 32.7 Å². The largest absolute Gasteiger partial charge is 0.346 e. The summed E-state index contributed by atoms with van der Waals surface area (Å²) in [6.45, 7) is 4.90. The molecule has 4 rings (SSSR count). The van der Waals surface area contributed by atoms with E-state index in [4.69, 9.17) is 5.26 Å². The Morgan fingerprint density at radius 2 is 1.74 bits per heavy atom. The highest BCUT2D eigenvalue weighted by atomic mass is 19.1. The monoisotopic (exact) mass is 418 g/mol. The molecule has 0 saturated carbocycles. The lowest BCUT2D eigenvalue weighted by atomic mass is 10.1. The number of hydrogen-bond acceptors (Lipinski definition) is 4. The zero-order chi connectivity index (χ0) is 21.6. The molecule has 0 N–H and O–H groups in total. The van der Waals surface area contributed by atoms with Gasteiger partial charge in [-0.25, -0.2) is 4.39 Å². The van der Waals surface area contributed by atoms with Gasteiger partial charge in [0.25, 0.3) is 0 Å². The third-order valence-corrected chi connectivity index (χ3v) is 5.95. The van der Waals surface area contributed by atoms with Crippen LogP contribution in [0.5, 0.6) is 0 Å². The third kappa shape index (κ3) is 5.01. The molecule has 2 heterocycles. The van der Waals surface area contributed by atoms with E-state index in [1.165, 1.54) is 6.07 Å². The van der Waals surface area contributed by atoms with Crippen LogP contribution in [0.1, 0.15) is 28.8 Å². The Hall–Kier alpha value is -3.01. The maximum Gasteiger partial charge on any atom is 0.178 e. The minimum atomic E-state index is -0.161. The number of ketones is 1. The van der Waals surface area contributed by atoms with Crippen molar-refractivity contribution in [3.8, 4) is 6.07 Å². The number of rotatable bonds is 7. The van der Waals surface area contributed by atoms with Crippen molar-refractivity contribution in [2.24, 2.45) is 0 Å². The Bertz CT molecular complexity index is 1100. The zero-order valence-electron chi connectivity index (χ0n) is 17.6. The van der Waals surface area contributed by atoms with Crippen LogP contribution in [0.2, 0.25) is 0 Å². The molecule has 3 aromatic rings. The molecule has 1 aliphatic rings. The number of aromatic nitrogens is 1. The second-order valence-electron chi connectivity index (χ2n) is 8.08. The van der Waals surface area contributed by atoms with Gasteiger partial charge in [-0.2, -0.15) is 5.26 Å². The minimum absolute atomic E-state index is 0.106. The van der Waals surface area contributed by atoms with Crippen LogP contribution in [0, 0.1) is 17.1 Å². The molecular weight excluding hydrogens is 391 g/mol. The number of aryl methyl sites for hydroxylation is 1. The minimum Gasteiger partial charge on any atom is -0.346 e. The quantitative estimate of drug-likeness (QED) is 0.543. The number of halogens is 1. The van der Waals surface area contributed by atoms with E-state index in [-0.39, 0.29) is 11.6 Å². The molecule has 0 unspecified atom stereocenters. The molecule has 6 heteroatoms. The van der Waals surface area contributed by atoms with Crippen molar-refractivity contribution in [1.82, 2.24) is 14.4 Å². The number of nitriles is 1. The fourth-order valence-corrected chi connectivity index (χ4v) is 4.32. The van der Waals surface area contributed by atoms with Crippen LogP contribution in [-0.2, 0) is 13.1 Å². The maximum atomic E-state index is 14.0. The Balaban J connectivity index is 1.41. The highest BCUT2D eigenvalue weighted by Crippen LogP contribution is 2.23. The van der Waals surface area contributed by atoms with Crippen molar-refractivity contribution in [2.45, 2.75) is 25.9 Å². The van der Waals surface area contributed by atoms with E-state index in [0.717, 1.165) is 54.6 Å². The first kappa shape index (κ1) is 21.2. The van der Waals surface area contributed by atoms with Gasteiger partial charge in [0.05, 0.1) is 19.0 Å². The molecule has 1 aromatic heterocycles. The van der Waals surface area contributed by atoms with Crippen molar-refractivity contribution < 1.29 is 9.18 Å². The molecule has 1 aliphatic heterocycles. The van der Waals surface area contributed by atoms with Crippen molar-refractivity contribution in [3.05, 3.63) is 71.7 Å². The highest BCUT2D eigenvalue weighted by Gasteiger charge is 2.21. The molecule has 0 spiro atoms. The molecule has 2 aromatic carbocycles. The predicted molar refractivity (Wildman–Crippen MR) is 119 cm³/mol. The van der Waals surface area contributed by atoms with Crippen LogP contribution in [0.15, 0.2) is 54.7 Å². The third-order valence-electron chi connectivity index (χ3n) is 5.95. The Morgan fingerprint density at radius 1 is 1.00 bits per heavy atom. The molecule has 0 atom stereocenters. The van der Waals surface area contributed by atoms with Crippen LogP contribution < -0.4 is 0 Å². The molecule has 0 aliphatic carbocycles. The molecule has 0 bridgehead atoms. The van der Waals surface area contributed by atoms with E-state index < -0.39 is 0 Å². The average Bonchev–Trinajstić information content (AvgIpc) is 3.01. The number of Topliss-reactive ketones (excluding diaryl/α,β-unsaturated/α-hetero) is 1. The molecule has 31 heavy (non-hydrogen) atoms. The van der Waals surface area contributed by atoms with Gasteiger partial charge in [-0.1, -0.05) is 36.4 Å². The summed E-state index contributed by atoms with van der Waals surface area (Å²) in [6, 6.07) is 17.0. The van der Waals surface area contributed by atoms with Crippen LogP contribution >= 0.6 is 0 Å². The van der Waals surface area contributed by atoms with Crippen molar-refractivity contribution >= 4 is 16.7 Å². The molecule has 1 saturated heterocycles. The summed E-state index contributed by atoms with van der Waals surface area (Å²) in [4.78, 5) is 17.6. The van der Waals surface area contributed by atoms with E-state index >= 15 is 0 Å². The molecule has 160 valence electrons. The Labute approximate surface area is 182 Å². The fourth-order valence-electron chi connectivity index (χ4n) is 4.32. The van der Waals surface area contributed by atoms with E-state index in [1.807, 2.05) is 47.2 Å². The van der Waals surface area contributed by atoms with E-state index in [0.29, 0.717) is 26.1 Å². The number of carbonyl (C=O) groups is 1. The topological polar surface area (TPSA) is 52.3 Å². The smallest absolute Gasteiger partial charge is 0.178 e. The van der Waals surface area contributed by atoms with Gasteiger partial charge in [-0.05, 0) is 31.6 Å². The number of carbonyl (C=O) groups excluding carboxylic acids is 1. The second-order valence-corrected chi connectivity index (χ2v) is 8.08. The van der Waals surface area contributed by atoms with Crippen LogP contribution in [0.25, 0.3) is 10.9 Å². The van der Waals surface area contributed by atoms with Gasteiger partial charge >= 0.3 is 0 Å². The lowest BCUT2D eigenvalue weighted by molar-refractivity contribution is 0.0934. The lowest BCUT2D eigenvalue weighted by Crippen LogP contribution is -2.34. The second kappa shape index (κ2) is 9.86. The standard InChI is InChI=1S/C25H27FN4O/c26-23-9-3-1-7-20(23)17-28-12-6-13-29(16-15-28)19-25(31)22-18-30(14-5-11-27)24-10-4-2-8-21(22)24/h1-4,7-10,18H,5-6,12-17,19H2. The summed E-state index contributed by atoms with van der Waals surface area (Å²) < 4.78 is 16.0. The van der Waals surface area contributed by atoms with Crippen molar-refractivity contribution in [1.29, 1.82) is 5.26 Å². The van der Waals surface area contributed by atoms with E-state index in [1.54, 1.807) is 6.07 Å². The van der Waals surface area contributed by atoms with Gasteiger partial charge < -0.3 is 4.57 Å². The van der Waals surface area contributed by atoms with Gasteiger partial charge in [0.15, 0.2) is 5.78 Å². The molecule has 0 radical (unpaired) electrons. The normalized spacial score (nSPS) is 15.6. The number of fused-ring (bicyclic) bond motifs is 1. The molecular formula is C25H27FN4O. The molecule has 1 fully saturated rings. The van der Waals surface area contributed by atoms with Gasteiger partial charge in [0, 0.05) is 54.4 Å². The zero-order valence-corrected chi connectivity index (χ0v) is 17.6. The first-order valence-electron chi connectivity index (χ1n) is 10.8. The van der Waals surface area contributed by atoms with Crippen molar-refractivity contribution in [3.63, 3.8) is 0 Å². The van der Waals surface area contributed by atoms with Crippen LogP contribution in [-0.4, -0.2) is 52.9 Å². The average molecular weight is 419 g/mol. The predicted octanol–water partition coefficient (Wildman–Crippen LogP) is 4.08. The number of nitrogens with zero attached hydrogens (tertiary/aromatic N) is 4. The van der Waals surface area contributed by atoms with Gasteiger partial charge in [0.1, 0.15) is 5.82 Å². The first-order valence-corrected chi connectivity index (χ1v) is 10.8. The van der Waals surface area contributed by atoms with Gasteiger partial charge in [-0.3, -0.25) is 14.6 Å². The Morgan fingerprint density at radius 3 is 2.58 bits per heavy atom. The maximum absolute atomic E-state index is 14.0. The highest BCUT2D eigenvalue weighted by molar-refractivity contribution is 6.09. The van der Waals surface area contributed by atoms with Gasteiger partial charge in [0.2, 0.25) is 0 Å². The summed E-state index contributed by atoms with van der Waals surface area (Å²) in [5.74, 6) is -0.0546. The summed E-state index contributed by atoms with van der Waals surface area (Å²) in [6.07, 6.45) is 3.26. The summed E-state index contributed by atoms with van der Waals surface area (Å²) in [7, 11) is 0. The fraction of sp³-hybridized carbons (Fsp3) is 0.360. The van der Waals surface area contributed by atoms with E-state index in [9.17, 15) is 9.18 Å². The summed E-state index contributed by atoms with van der Waals surface area (Å²) >= 11 is 0. The van der Waals surface area contributed by atoms with Gasteiger partial charge in [-0.15, -0.1) is 0 Å². The van der Waals surface area contributed by atoms with Crippen LogP contribution in [0.3, 0.4) is 0 Å². The summed E-state index contributed by atoms with van der Waals surface area (Å²) in [5, 5.41) is 9.87. The van der Waals surface area contributed by atoms with E-state index in [2.05, 4.69) is 15.9 Å². The molecule has 0 amide bonds. The lowest BCUT2D eigenvalue weighted by Gasteiger charge is -2.21. The molecule has 5 nitrogen and oxygen atoms in total. The first-order chi connectivity index (χ1) is 15.2. The summed E-state index contributed by atoms with van der Waals surface area (Å²) in [5.41, 5.74) is 2.44. The number of para-hydroxylation sites is 1. The number of benzene rings is 2. The SMILES string of the molecule is N#CCCn1cc(C(=O)CN2CCCN(Cc3ccccc3F)CC2)c2ccccc21.